The number of carbonyl (C=O) groups is 1. The highest BCUT2D eigenvalue weighted by Gasteiger charge is 2.14. The molecule has 0 aliphatic carbocycles. The number of rotatable bonds is 4. The number of hydrogen-bond donors (Lipinski definition) is 4. The van der Waals surface area contributed by atoms with E-state index in [2.05, 4.69) is 10.5 Å². The van der Waals surface area contributed by atoms with E-state index < -0.39 is 17.4 Å². The monoisotopic (exact) mass is 370 g/mol. The zero-order valence-corrected chi connectivity index (χ0v) is 13.8. The molecule has 0 spiro atoms. The fourth-order valence-electron chi connectivity index (χ4n) is 1.79. The normalized spacial score (nSPS) is 10.8. The van der Waals surface area contributed by atoms with Crippen molar-refractivity contribution in [2.45, 2.75) is 0 Å². The molecule has 0 saturated heterocycles. The molecule has 7 nitrogen and oxygen atoms in total. The number of nitrogens with one attached hydrogen (secondary N) is 1. The second kappa shape index (κ2) is 7.29. The molecule has 0 fully saturated rings. The summed E-state index contributed by atoms with van der Waals surface area (Å²) in [6.45, 7) is 0. The molecule has 1 amide bonds. The number of methoxy groups -OCH3 is 1. The third kappa shape index (κ3) is 3.81. The zero-order valence-electron chi connectivity index (χ0n) is 12.2. The highest BCUT2D eigenvalue weighted by Crippen LogP contribution is 2.36. The second-order valence-corrected chi connectivity index (χ2v) is 5.41. The number of phenolic OH excluding ortho intramolecular Hbond substituents is 3. The lowest BCUT2D eigenvalue weighted by molar-refractivity contribution is 0.0954. The van der Waals surface area contributed by atoms with E-state index in [0.29, 0.717) is 5.02 Å². The van der Waals surface area contributed by atoms with Gasteiger partial charge in [-0.15, -0.1) is 0 Å². The standard InChI is InChI=1S/C15H12Cl2N2O5/c1-24-12-4-7(3-11(20)14(12)22)15(23)19-18-6-8-2-9(16)5-10(17)13(8)21/h2-6,20-22H,1H3,(H,19,23). The Bertz CT molecular complexity index is 824. The maximum Gasteiger partial charge on any atom is 0.271 e. The number of nitrogens with zero attached hydrogens (tertiary/aromatic N) is 1. The van der Waals surface area contributed by atoms with Gasteiger partial charge in [0.15, 0.2) is 11.5 Å². The van der Waals surface area contributed by atoms with Crippen molar-refractivity contribution in [1.82, 2.24) is 5.43 Å². The van der Waals surface area contributed by atoms with Gasteiger partial charge in [-0.3, -0.25) is 4.79 Å². The largest absolute Gasteiger partial charge is 0.506 e. The summed E-state index contributed by atoms with van der Waals surface area (Å²) in [5.74, 6) is -1.96. The number of benzene rings is 2. The SMILES string of the molecule is COc1cc(C(=O)NN=Cc2cc(Cl)cc(Cl)c2O)cc(O)c1O. The smallest absolute Gasteiger partial charge is 0.271 e. The van der Waals surface area contributed by atoms with Gasteiger partial charge in [0.1, 0.15) is 5.75 Å². The van der Waals surface area contributed by atoms with Crippen LogP contribution in [0.15, 0.2) is 29.4 Å². The first-order valence-corrected chi connectivity index (χ1v) is 7.20. The topological polar surface area (TPSA) is 111 Å². The molecule has 0 aliphatic heterocycles. The van der Waals surface area contributed by atoms with Gasteiger partial charge < -0.3 is 20.1 Å². The summed E-state index contributed by atoms with van der Waals surface area (Å²) in [5.41, 5.74) is 2.41. The number of halogens is 2. The molecule has 9 heteroatoms. The van der Waals surface area contributed by atoms with E-state index in [9.17, 15) is 20.1 Å². The first-order chi connectivity index (χ1) is 11.3. The molecule has 24 heavy (non-hydrogen) atoms. The molecule has 0 unspecified atom stereocenters. The van der Waals surface area contributed by atoms with E-state index >= 15 is 0 Å². The number of aromatic hydroxyl groups is 3. The fraction of sp³-hybridized carbons (Fsp3) is 0.0667. The van der Waals surface area contributed by atoms with E-state index in [1.165, 1.54) is 25.3 Å². The molecular formula is C15H12Cl2N2O5. The van der Waals surface area contributed by atoms with Gasteiger partial charge in [0.2, 0.25) is 5.75 Å². The van der Waals surface area contributed by atoms with Gasteiger partial charge in [-0.1, -0.05) is 23.2 Å². The molecule has 0 aromatic heterocycles. The van der Waals surface area contributed by atoms with Crippen LogP contribution in [0.3, 0.4) is 0 Å². The summed E-state index contributed by atoms with van der Waals surface area (Å²) in [5, 5.41) is 32.9. The number of hydrazone groups is 1. The summed E-state index contributed by atoms with van der Waals surface area (Å²) < 4.78 is 4.84. The predicted octanol–water partition coefficient (Wildman–Crippen LogP) is 2.88. The van der Waals surface area contributed by atoms with Crippen LogP contribution in [0.4, 0.5) is 0 Å². The molecule has 2 aromatic rings. The van der Waals surface area contributed by atoms with Crippen LogP contribution in [-0.2, 0) is 0 Å². The Morgan fingerprint density at radius 2 is 1.88 bits per heavy atom. The van der Waals surface area contributed by atoms with Crippen LogP contribution in [0.25, 0.3) is 0 Å². The summed E-state index contributed by atoms with van der Waals surface area (Å²) in [6, 6.07) is 5.05. The Balaban J connectivity index is 2.18. The molecule has 0 radical (unpaired) electrons. The molecule has 2 aromatic carbocycles. The van der Waals surface area contributed by atoms with Crippen molar-refractivity contribution in [3.8, 4) is 23.0 Å². The van der Waals surface area contributed by atoms with E-state index in [0.717, 1.165) is 12.3 Å². The average Bonchev–Trinajstić information content (AvgIpc) is 2.54. The van der Waals surface area contributed by atoms with Gasteiger partial charge in [0, 0.05) is 16.1 Å². The van der Waals surface area contributed by atoms with Crippen LogP contribution in [0.1, 0.15) is 15.9 Å². The van der Waals surface area contributed by atoms with Crippen LogP contribution in [0.2, 0.25) is 10.0 Å². The van der Waals surface area contributed by atoms with Crippen molar-refractivity contribution < 1.29 is 24.9 Å². The van der Waals surface area contributed by atoms with Crippen molar-refractivity contribution in [2.24, 2.45) is 5.10 Å². The van der Waals surface area contributed by atoms with Crippen molar-refractivity contribution >= 4 is 35.3 Å². The third-order valence-corrected chi connectivity index (χ3v) is 3.47. The fourth-order valence-corrected chi connectivity index (χ4v) is 2.30. The van der Waals surface area contributed by atoms with E-state index in [1.54, 1.807) is 0 Å². The maximum absolute atomic E-state index is 12.0. The molecule has 0 bridgehead atoms. The summed E-state index contributed by atoms with van der Waals surface area (Å²) in [7, 11) is 1.28. The molecule has 0 saturated carbocycles. The zero-order chi connectivity index (χ0) is 17.9. The summed E-state index contributed by atoms with van der Waals surface area (Å²) >= 11 is 11.6. The van der Waals surface area contributed by atoms with Gasteiger partial charge >= 0.3 is 0 Å². The van der Waals surface area contributed by atoms with Crippen LogP contribution in [0, 0.1) is 0 Å². The maximum atomic E-state index is 12.0. The summed E-state index contributed by atoms with van der Waals surface area (Å²) in [4.78, 5) is 12.0. The Kier molecular flexibility index (Phi) is 5.38. The molecule has 0 atom stereocenters. The Morgan fingerprint density at radius 1 is 1.17 bits per heavy atom. The molecule has 4 N–H and O–H groups in total. The highest BCUT2D eigenvalue weighted by molar-refractivity contribution is 6.36. The minimum atomic E-state index is -0.674. The third-order valence-electron chi connectivity index (χ3n) is 2.96. The minimum Gasteiger partial charge on any atom is -0.506 e. The first kappa shape index (κ1) is 17.7. The predicted molar refractivity (Wildman–Crippen MR) is 89.5 cm³/mol. The van der Waals surface area contributed by atoms with E-state index in [-0.39, 0.29) is 27.6 Å². The lowest BCUT2D eigenvalue weighted by Gasteiger charge is -2.07. The van der Waals surface area contributed by atoms with Crippen molar-refractivity contribution in [3.63, 3.8) is 0 Å². The van der Waals surface area contributed by atoms with Gasteiger partial charge in [0.05, 0.1) is 18.3 Å². The van der Waals surface area contributed by atoms with Crippen molar-refractivity contribution in [3.05, 3.63) is 45.4 Å². The number of amides is 1. The van der Waals surface area contributed by atoms with Gasteiger partial charge in [0.25, 0.3) is 5.91 Å². The van der Waals surface area contributed by atoms with Gasteiger partial charge in [-0.25, -0.2) is 5.43 Å². The quantitative estimate of drug-likeness (QED) is 0.375. The Hall–Kier alpha value is -2.64. The summed E-state index contributed by atoms with van der Waals surface area (Å²) in [6.07, 6.45) is 1.16. The molecular weight excluding hydrogens is 359 g/mol. The lowest BCUT2D eigenvalue weighted by Crippen LogP contribution is -2.17. The molecule has 126 valence electrons. The second-order valence-electron chi connectivity index (χ2n) is 4.57. The number of ether oxygens (including phenoxy) is 1. The van der Waals surface area contributed by atoms with Crippen LogP contribution >= 0.6 is 23.2 Å². The van der Waals surface area contributed by atoms with E-state index in [4.69, 9.17) is 27.9 Å². The number of hydrogen-bond acceptors (Lipinski definition) is 6. The van der Waals surface area contributed by atoms with Crippen molar-refractivity contribution in [2.75, 3.05) is 7.11 Å². The van der Waals surface area contributed by atoms with Crippen LogP contribution < -0.4 is 10.2 Å². The van der Waals surface area contributed by atoms with E-state index in [1.807, 2.05) is 0 Å². The van der Waals surface area contributed by atoms with Gasteiger partial charge in [-0.2, -0.15) is 5.10 Å². The molecule has 2 rings (SSSR count). The minimum absolute atomic E-state index is 0.00708. The van der Waals surface area contributed by atoms with Gasteiger partial charge in [-0.05, 0) is 24.3 Å². The van der Waals surface area contributed by atoms with Crippen LogP contribution in [-0.4, -0.2) is 34.6 Å². The van der Waals surface area contributed by atoms with Crippen molar-refractivity contribution in [1.29, 1.82) is 0 Å². The van der Waals surface area contributed by atoms with Crippen LogP contribution in [0.5, 0.6) is 23.0 Å². The number of phenols is 3. The highest BCUT2D eigenvalue weighted by atomic mass is 35.5. The average molecular weight is 371 g/mol. The molecule has 0 aliphatic rings. The first-order valence-electron chi connectivity index (χ1n) is 6.45. The Morgan fingerprint density at radius 3 is 2.54 bits per heavy atom. The number of carbonyl (C=O) groups excluding carboxylic acids is 1. The lowest BCUT2D eigenvalue weighted by atomic mass is 10.1. The molecule has 0 heterocycles. The Labute approximate surface area is 146 Å².